The largest absolute Gasteiger partial charge is 0.396 e. The summed E-state index contributed by atoms with van der Waals surface area (Å²) in [5.74, 6) is 0.664. The van der Waals surface area contributed by atoms with Crippen LogP contribution in [0, 0.1) is 11.3 Å². The van der Waals surface area contributed by atoms with Crippen LogP contribution in [0.15, 0.2) is 0 Å². The summed E-state index contributed by atoms with van der Waals surface area (Å²) in [6.45, 7) is 6.76. The second-order valence-corrected chi connectivity index (χ2v) is 3.84. The van der Waals surface area contributed by atoms with Crippen molar-refractivity contribution in [3.05, 3.63) is 0 Å². The Morgan fingerprint density at radius 3 is 2.70 bits per heavy atom. The normalized spacial score (nSPS) is 27.3. The average Bonchev–Trinajstić information content (AvgIpc) is 2.38. The molecule has 0 aromatic rings. The zero-order chi connectivity index (χ0) is 7.61. The second-order valence-electron chi connectivity index (χ2n) is 3.84. The summed E-state index contributed by atoms with van der Waals surface area (Å²) in [5.41, 5.74) is 0.115. The molecule has 1 atom stereocenters. The summed E-state index contributed by atoms with van der Waals surface area (Å²) in [7, 11) is 0. The molecule has 1 fully saturated rings. The van der Waals surface area contributed by atoms with Crippen LogP contribution in [0.4, 0.5) is 0 Å². The molecule has 1 unspecified atom stereocenters. The Morgan fingerprint density at radius 1 is 1.60 bits per heavy atom. The molecule has 2 N–H and O–H groups in total. The van der Waals surface area contributed by atoms with E-state index < -0.39 is 0 Å². The molecule has 1 aliphatic rings. The molecule has 1 saturated heterocycles. The standard InChI is InChI=1S/C8H17NO/c1-8(2,6-10)7-3-4-9-5-7/h7,9-10H,3-6H2,1-2H3. The van der Waals surface area contributed by atoms with E-state index in [4.69, 9.17) is 5.11 Å². The molecule has 0 spiro atoms. The Kier molecular flexibility index (Phi) is 2.32. The van der Waals surface area contributed by atoms with Gasteiger partial charge in [0.2, 0.25) is 0 Å². The first-order valence-corrected chi connectivity index (χ1v) is 3.98. The third-order valence-electron chi connectivity index (χ3n) is 2.57. The highest BCUT2D eigenvalue weighted by Crippen LogP contribution is 2.30. The summed E-state index contributed by atoms with van der Waals surface area (Å²) in [5, 5.41) is 12.3. The summed E-state index contributed by atoms with van der Waals surface area (Å²) >= 11 is 0. The van der Waals surface area contributed by atoms with Gasteiger partial charge in [-0.2, -0.15) is 0 Å². The van der Waals surface area contributed by atoms with Crippen LogP contribution in [0.3, 0.4) is 0 Å². The minimum atomic E-state index is 0.115. The maximum absolute atomic E-state index is 9.03. The van der Waals surface area contributed by atoms with E-state index in [1.54, 1.807) is 0 Å². The Labute approximate surface area is 62.6 Å². The highest BCUT2D eigenvalue weighted by atomic mass is 16.3. The van der Waals surface area contributed by atoms with Crippen molar-refractivity contribution in [3.63, 3.8) is 0 Å². The number of nitrogens with one attached hydrogen (secondary N) is 1. The summed E-state index contributed by atoms with van der Waals surface area (Å²) in [6.07, 6.45) is 1.22. The van der Waals surface area contributed by atoms with Gasteiger partial charge < -0.3 is 10.4 Å². The summed E-state index contributed by atoms with van der Waals surface area (Å²) < 4.78 is 0. The van der Waals surface area contributed by atoms with Crippen molar-refractivity contribution in [2.45, 2.75) is 20.3 Å². The quantitative estimate of drug-likeness (QED) is 0.593. The molecule has 10 heavy (non-hydrogen) atoms. The van der Waals surface area contributed by atoms with Gasteiger partial charge in [-0.15, -0.1) is 0 Å². The third kappa shape index (κ3) is 1.50. The molecule has 0 bridgehead atoms. The van der Waals surface area contributed by atoms with Crippen molar-refractivity contribution in [2.24, 2.45) is 11.3 Å². The molecule has 0 saturated carbocycles. The molecular weight excluding hydrogens is 126 g/mol. The average molecular weight is 143 g/mol. The highest BCUT2D eigenvalue weighted by Gasteiger charge is 2.30. The van der Waals surface area contributed by atoms with Crippen molar-refractivity contribution in [2.75, 3.05) is 19.7 Å². The van der Waals surface area contributed by atoms with Crippen LogP contribution in [-0.2, 0) is 0 Å². The highest BCUT2D eigenvalue weighted by molar-refractivity contribution is 4.83. The van der Waals surface area contributed by atoms with Gasteiger partial charge in [0.1, 0.15) is 0 Å². The predicted molar refractivity (Wildman–Crippen MR) is 41.8 cm³/mol. The van der Waals surface area contributed by atoms with Crippen molar-refractivity contribution in [3.8, 4) is 0 Å². The van der Waals surface area contributed by atoms with Crippen LogP contribution in [0.2, 0.25) is 0 Å². The topological polar surface area (TPSA) is 32.3 Å². The first-order chi connectivity index (χ1) is 4.67. The van der Waals surface area contributed by atoms with Crippen LogP contribution < -0.4 is 5.32 Å². The van der Waals surface area contributed by atoms with Gasteiger partial charge in [-0.25, -0.2) is 0 Å². The van der Waals surface area contributed by atoms with Crippen LogP contribution in [0.5, 0.6) is 0 Å². The Morgan fingerprint density at radius 2 is 2.30 bits per heavy atom. The van der Waals surface area contributed by atoms with Crippen LogP contribution >= 0.6 is 0 Å². The van der Waals surface area contributed by atoms with E-state index in [1.807, 2.05) is 0 Å². The maximum Gasteiger partial charge on any atom is 0.0485 e. The Balaban J connectivity index is 2.45. The Hall–Kier alpha value is -0.0800. The fraction of sp³-hybridized carbons (Fsp3) is 1.00. The molecule has 0 aromatic carbocycles. The van der Waals surface area contributed by atoms with Gasteiger partial charge in [0, 0.05) is 6.61 Å². The van der Waals surface area contributed by atoms with E-state index in [1.165, 1.54) is 6.42 Å². The first-order valence-electron chi connectivity index (χ1n) is 3.98. The molecule has 2 nitrogen and oxygen atoms in total. The predicted octanol–water partition coefficient (Wildman–Crippen LogP) is 0.614. The van der Waals surface area contributed by atoms with Crippen molar-refractivity contribution < 1.29 is 5.11 Å². The first kappa shape index (κ1) is 8.02. The fourth-order valence-corrected chi connectivity index (χ4v) is 1.45. The van der Waals surface area contributed by atoms with Gasteiger partial charge in [-0.3, -0.25) is 0 Å². The van der Waals surface area contributed by atoms with Gasteiger partial charge >= 0.3 is 0 Å². The molecule has 1 rings (SSSR count). The summed E-state index contributed by atoms with van der Waals surface area (Å²) in [4.78, 5) is 0. The fourth-order valence-electron chi connectivity index (χ4n) is 1.45. The van der Waals surface area contributed by atoms with E-state index in [0.29, 0.717) is 12.5 Å². The molecule has 0 radical (unpaired) electrons. The lowest BCUT2D eigenvalue weighted by molar-refractivity contribution is 0.105. The number of aliphatic hydroxyl groups excluding tert-OH is 1. The van der Waals surface area contributed by atoms with E-state index in [-0.39, 0.29) is 5.41 Å². The molecule has 1 aliphatic heterocycles. The molecular formula is C8H17NO. The molecule has 0 amide bonds. The maximum atomic E-state index is 9.03. The molecule has 0 aliphatic carbocycles. The third-order valence-corrected chi connectivity index (χ3v) is 2.57. The SMILES string of the molecule is CC(C)(CO)C1CCNC1. The van der Waals surface area contributed by atoms with E-state index in [2.05, 4.69) is 19.2 Å². The lowest BCUT2D eigenvalue weighted by atomic mass is 9.79. The van der Waals surface area contributed by atoms with Gasteiger partial charge in [0.25, 0.3) is 0 Å². The van der Waals surface area contributed by atoms with Gasteiger partial charge in [0.15, 0.2) is 0 Å². The van der Waals surface area contributed by atoms with Crippen molar-refractivity contribution in [1.82, 2.24) is 5.32 Å². The van der Waals surface area contributed by atoms with Crippen LogP contribution in [0.25, 0.3) is 0 Å². The van der Waals surface area contributed by atoms with Gasteiger partial charge in [-0.1, -0.05) is 13.8 Å². The Bertz CT molecular complexity index is 106. The van der Waals surface area contributed by atoms with Crippen molar-refractivity contribution >= 4 is 0 Å². The van der Waals surface area contributed by atoms with E-state index >= 15 is 0 Å². The van der Waals surface area contributed by atoms with Crippen molar-refractivity contribution in [1.29, 1.82) is 0 Å². The smallest absolute Gasteiger partial charge is 0.0485 e. The van der Waals surface area contributed by atoms with E-state index in [0.717, 1.165) is 13.1 Å². The summed E-state index contributed by atoms with van der Waals surface area (Å²) in [6, 6.07) is 0. The number of aliphatic hydroxyl groups is 1. The van der Waals surface area contributed by atoms with Gasteiger partial charge in [-0.05, 0) is 30.8 Å². The minimum absolute atomic E-state index is 0.115. The lowest BCUT2D eigenvalue weighted by Crippen LogP contribution is -2.29. The number of hydrogen-bond donors (Lipinski definition) is 2. The zero-order valence-electron chi connectivity index (χ0n) is 6.85. The monoisotopic (exact) mass is 143 g/mol. The molecule has 0 aromatic heterocycles. The zero-order valence-corrected chi connectivity index (χ0v) is 6.85. The number of hydrogen-bond acceptors (Lipinski definition) is 2. The molecule has 60 valence electrons. The van der Waals surface area contributed by atoms with Crippen LogP contribution in [0.1, 0.15) is 20.3 Å². The van der Waals surface area contributed by atoms with Gasteiger partial charge in [0.05, 0.1) is 0 Å². The molecule has 1 heterocycles. The minimum Gasteiger partial charge on any atom is -0.396 e. The second kappa shape index (κ2) is 2.89. The van der Waals surface area contributed by atoms with Crippen LogP contribution in [-0.4, -0.2) is 24.8 Å². The molecule has 2 heteroatoms. The lowest BCUT2D eigenvalue weighted by Gasteiger charge is -2.28. The number of rotatable bonds is 2. The van der Waals surface area contributed by atoms with E-state index in [9.17, 15) is 0 Å².